The number of nitrogens with one attached hydrogen (secondary N) is 1. The molecule has 0 aliphatic heterocycles. The van der Waals surface area contributed by atoms with Crippen LogP contribution in [0.15, 0.2) is 28.6 Å². The lowest BCUT2D eigenvalue weighted by Gasteiger charge is -2.07. The molecule has 0 amide bonds. The Morgan fingerprint density at radius 2 is 2.19 bits per heavy atom. The fraction of sp³-hybridized carbons (Fsp3) is 0.167. The number of carboxylic acid groups (broad SMARTS) is 1. The average Bonchev–Trinajstić information content (AvgIpc) is 2.81. The molecule has 9 heteroatoms. The van der Waals surface area contributed by atoms with Gasteiger partial charge in [0, 0.05) is 11.4 Å². The summed E-state index contributed by atoms with van der Waals surface area (Å²) in [7, 11) is -3.77. The largest absolute Gasteiger partial charge is 0.478 e. The Balaban J connectivity index is 2.22. The molecular weight excluding hydrogens is 336 g/mol. The Hall–Kier alpha value is -1.48. The molecule has 0 bridgehead atoms. The molecule has 0 aliphatic carbocycles. The zero-order chi connectivity index (χ0) is 15.6. The Labute approximate surface area is 130 Å². The third-order valence-electron chi connectivity index (χ3n) is 2.75. The van der Waals surface area contributed by atoms with Gasteiger partial charge in [0.05, 0.1) is 26.7 Å². The Morgan fingerprint density at radius 1 is 1.48 bits per heavy atom. The summed E-state index contributed by atoms with van der Waals surface area (Å²) < 4.78 is 26.7. The number of hydrogen-bond acceptors (Lipinski definition) is 5. The molecule has 2 N–H and O–H groups in total. The maximum atomic E-state index is 12.1. The monoisotopic (exact) mass is 346 g/mol. The van der Waals surface area contributed by atoms with Crippen molar-refractivity contribution >= 4 is 38.9 Å². The first-order valence-electron chi connectivity index (χ1n) is 5.73. The minimum Gasteiger partial charge on any atom is -0.478 e. The predicted octanol–water partition coefficient (Wildman–Crippen LogP) is 2.28. The van der Waals surface area contributed by atoms with Gasteiger partial charge >= 0.3 is 5.97 Å². The molecule has 0 spiro atoms. The highest BCUT2D eigenvalue weighted by molar-refractivity contribution is 7.89. The lowest BCUT2D eigenvalue weighted by Crippen LogP contribution is -2.23. The molecule has 1 aromatic carbocycles. The Morgan fingerprint density at radius 3 is 2.71 bits per heavy atom. The number of thiazole rings is 1. The van der Waals surface area contributed by atoms with Gasteiger partial charge in [-0.15, -0.1) is 11.3 Å². The van der Waals surface area contributed by atoms with Crippen LogP contribution in [-0.4, -0.2) is 24.5 Å². The zero-order valence-corrected chi connectivity index (χ0v) is 13.2. The van der Waals surface area contributed by atoms with Crippen LogP contribution in [0.2, 0.25) is 5.02 Å². The first-order valence-corrected chi connectivity index (χ1v) is 8.47. The first kappa shape index (κ1) is 15.9. The molecule has 1 heterocycles. The van der Waals surface area contributed by atoms with E-state index in [2.05, 4.69) is 9.71 Å². The summed E-state index contributed by atoms with van der Waals surface area (Å²) in [6.45, 7) is 1.91. The molecule has 0 atom stereocenters. The number of nitrogens with zero attached hydrogens (tertiary/aromatic N) is 1. The second-order valence-electron chi connectivity index (χ2n) is 4.13. The maximum absolute atomic E-state index is 12.1. The van der Waals surface area contributed by atoms with Gasteiger partial charge in [0.25, 0.3) is 0 Å². The fourth-order valence-corrected chi connectivity index (χ4v) is 3.73. The van der Waals surface area contributed by atoms with Crippen LogP contribution in [0.1, 0.15) is 20.9 Å². The lowest BCUT2D eigenvalue weighted by atomic mass is 10.2. The van der Waals surface area contributed by atoms with Gasteiger partial charge in [-0.1, -0.05) is 11.6 Å². The van der Waals surface area contributed by atoms with E-state index in [9.17, 15) is 13.2 Å². The number of aryl methyl sites for hydroxylation is 1. The van der Waals surface area contributed by atoms with Gasteiger partial charge in [-0.2, -0.15) is 0 Å². The highest BCUT2D eigenvalue weighted by Crippen LogP contribution is 2.21. The molecule has 0 aliphatic rings. The van der Waals surface area contributed by atoms with Crippen molar-refractivity contribution < 1.29 is 18.3 Å². The van der Waals surface area contributed by atoms with E-state index in [1.807, 2.05) is 0 Å². The predicted molar refractivity (Wildman–Crippen MR) is 79.3 cm³/mol. The van der Waals surface area contributed by atoms with Crippen molar-refractivity contribution in [1.29, 1.82) is 0 Å². The molecule has 0 radical (unpaired) electrons. The molecule has 21 heavy (non-hydrogen) atoms. The fourth-order valence-electron chi connectivity index (χ4n) is 1.58. The van der Waals surface area contributed by atoms with Crippen LogP contribution in [0, 0.1) is 6.92 Å². The summed E-state index contributed by atoms with van der Waals surface area (Å²) in [4.78, 5) is 15.6. The molecule has 0 unspecified atom stereocenters. The maximum Gasteiger partial charge on any atom is 0.337 e. The molecule has 6 nitrogen and oxygen atoms in total. The number of carboxylic acids is 1. The number of halogens is 1. The third-order valence-corrected chi connectivity index (χ3v) is 5.40. The summed E-state index contributed by atoms with van der Waals surface area (Å²) in [6.07, 6.45) is 0. The van der Waals surface area contributed by atoms with Crippen LogP contribution in [0.3, 0.4) is 0 Å². The molecular formula is C12H11ClN2O4S2. The van der Waals surface area contributed by atoms with Crippen molar-refractivity contribution in [2.75, 3.05) is 0 Å². The van der Waals surface area contributed by atoms with E-state index in [1.165, 1.54) is 17.4 Å². The van der Waals surface area contributed by atoms with Crippen LogP contribution >= 0.6 is 22.9 Å². The number of aromatic nitrogens is 1. The first-order chi connectivity index (χ1) is 9.81. The number of hydrogen-bond donors (Lipinski definition) is 2. The number of aromatic carboxylic acids is 1. The number of carbonyl (C=O) groups is 1. The van der Waals surface area contributed by atoms with Gasteiger partial charge in [-0.25, -0.2) is 22.9 Å². The number of sulfonamides is 1. The number of benzene rings is 1. The molecule has 1 aromatic heterocycles. The van der Waals surface area contributed by atoms with Gasteiger partial charge in [-0.05, 0) is 25.1 Å². The van der Waals surface area contributed by atoms with Crippen molar-refractivity contribution in [3.63, 3.8) is 0 Å². The van der Waals surface area contributed by atoms with Crippen LogP contribution in [-0.2, 0) is 16.6 Å². The summed E-state index contributed by atoms with van der Waals surface area (Å²) >= 11 is 7.13. The van der Waals surface area contributed by atoms with Crippen LogP contribution in [0.4, 0.5) is 0 Å². The summed E-state index contributed by atoms with van der Waals surface area (Å²) in [6, 6.07) is 3.49. The van der Waals surface area contributed by atoms with Gasteiger partial charge < -0.3 is 5.11 Å². The van der Waals surface area contributed by atoms with Gasteiger partial charge in [-0.3, -0.25) is 0 Å². The molecule has 2 aromatic rings. The lowest BCUT2D eigenvalue weighted by molar-refractivity contribution is 0.0697. The van der Waals surface area contributed by atoms with Crippen molar-refractivity contribution in [1.82, 2.24) is 9.71 Å². The van der Waals surface area contributed by atoms with Crippen molar-refractivity contribution in [2.45, 2.75) is 18.4 Å². The summed E-state index contributed by atoms with van der Waals surface area (Å²) in [5, 5.41) is 8.74. The average molecular weight is 347 g/mol. The molecule has 112 valence electrons. The van der Waals surface area contributed by atoms with E-state index < -0.39 is 16.0 Å². The minimum atomic E-state index is -3.77. The van der Waals surface area contributed by atoms with E-state index in [0.717, 1.165) is 22.7 Å². The standard InChI is InChI=1S/C12H11ClN2O4S2/c1-7-11(20-6-14-7)5-15-21(18,19)8-2-3-9(12(16)17)10(13)4-8/h2-4,6,15H,5H2,1H3,(H,16,17). The normalized spacial score (nSPS) is 11.5. The molecule has 0 saturated heterocycles. The van der Waals surface area contributed by atoms with Crippen LogP contribution in [0.5, 0.6) is 0 Å². The highest BCUT2D eigenvalue weighted by Gasteiger charge is 2.18. The third kappa shape index (κ3) is 3.59. The SMILES string of the molecule is Cc1ncsc1CNS(=O)(=O)c1ccc(C(=O)O)c(Cl)c1. The minimum absolute atomic E-state index is 0.0836. The molecule has 0 fully saturated rings. The second kappa shape index (κ2) is 6.10. The molecule has 2 rings (SSSR count). The summed E-state index contributed by atoms with van der Waals surface area (Å²) in [5.41, 5.74) is 2.26. The van der Waals surface area contributed by atoms with Crippen LogP contribution < -0.4 is 4.72 Å². The van der Waals surface area contributed by atoms with Crippen molar-refractivity contribution in [2.24, 2.45) is 0 Å². The second-order valence-corrected chi connectivity index (χ2v) is 7.25. The zero-order valence-electron chi connectivity index (χ0n) is 10.8. The van der Waals surface area contributed by atoms with Gasteiger partial charge in [0.2, 0.25) is 10.0 Å². The number of rotatable bonds is 5. The quantitative estimate of drug-likeness (QED) is 0.865. The van der Waals surface area contributed by atoms with Gasteiger partial charge in [0.1, 0.15) is 0 Å². The highest BCUT2D eigenvalue weighted by atomic mass is 35.5. The van der Waals surface area contributed by atoms with Crippen molar-refractivity contribution in [3.05, 3.63) is 44.9 Å². The topological polar surface area (TPSA) is 96.4 Å². The Bertz CT molecular complexity index is 786. The Kier molecular flexibility index (Phi) is 4.62. The van der Waals surface area contributed by atoms with Crippen molar-refractivity contribution in [3.8, 4) is 0 Å². The van der Waals surface area contributed by atoms with E-state index in [-0.39, 0.29) is 22.0 Å². The molecule has 0 saturated carbocycles. The van der Waals surface area contributed by atoms with E-state index in [0.29, 0.717) is 0 Å². The summed E-state index contributed by atoms with van der Waals surface area (Å²) in [5.74, 6) is -1.21. The smallest absolute Gasteiger partial charge is 0.337 e. The van der Waals surface area contributed by atoms with E-state index in [1.54, 1.807) is 12.4 Å². The van der Waals surface area contributed by atoms with E-state index >= 15 is 0 Å². The van der Waals surface area contributed by atoms with Crippen LogP contribution in [0.25, 0.3) is 0 Å². The van der Waals surface area contributed by atoms with E-state index in [4.69, 9.17) is 16.7 Å². The van der Waals surface area contributed by atoms with Gasteiger partial charge in [0.15, 0.2) is 0 Å².